The number of thiazole rings is 1. The Labute approximate surface area is 80.6 Å². The van der Waals surface area contributed by atoms with Gasteiger partial charge in [0, 0.05) is 5.56 Å². The van der Waals surface area contributed by atoms with Crippen LogP contribution in [-0.4, -0.2) is 0 Å². The van der Waals surface area contributed by atoms with Crippen LogP contribution >= 0.6 is 11.3 Å². The summed E-state index contributed by atoms with van der Waals surface area (Å²) in [6.07, 6.45) is 2.42. The van der Waals surface area contributed by atoms with E-state index in [2.05, 4.69) is 22.8 Å². The quantitative estimate of drug-likeness (QED) is 0.631. The monoisotopic (exact) mass is 191 g/mol. The smallest absolute Gasteiger partial charge is 0.278 e. The Hall–Kier alpha value is -1.09. The van der Waals surface area contributed by atoms with E-state index in [4.69, 9.17) is 5.73 Å². The van der Waals surface area contributed by atoms with Crippen molar-refractivity contribution < 1.29 is 4.57 Å². The van der Waals surface area contributed by atoms with Crippen LogP contribution in [0.5, 0.6) is 0 Å². The number of hydrogen-bond acceptors (Lipinski definition) is 2. The molecule has 66 valence electrons. The van der Waals surface area contributed by atoms with Gasteiger partial charge in [-0.25, -0.2) is 4.57 Å². The number of aromatic nitrogens is 1. The van der Waals surface area contributed by atoms with Crippen LogP contribution in [0.15, 0.2) is 18.2 Å². The molecule has 0 saturated carbocycles. The maximum atomic E-state index is 5.95. The van der Waals surface area contributed by atoms with Crippen LogP contribution in [0.4, 0.5) is 5.13 Å². The van der Waals surface area contributed by atoms with E-state index in [9.17, 15) is 0 Å². The minimum Gasteiger partial charge on any atom is -0.278 e. The van der Waals surface area contributed by atoms with Gasteiger partial charge in [0.2, 0.25) is 0 Å². The second-order valence-electron chi connectivity index (χ2n) is 3.46. The van der Waals surface area contributed by atoms with Crippen LogP contribution in [0.2, 0.25) is 0 Å². The summed E-state index contributed by atoms with van der Waals surface area (Å²) >= 11 is 1.70. The Morgan fingerprint density at radius 1 is 1.38 bits per heavy atom. The molecule has 2 N–H and O–H groups in total. The van der Waals surface area contributed by atoms with Crippen LogP contribution in [0.25, 0.3) is 10.2 Å². The molecule has 13 heavy (non-hydrogen) atoms. The fourth-order valence-electron chi connectivity index (χ4n) is 2.09. The summed E-state index contributed by atoms with van der Waals surface area (Å²) in [6.45, 7) is 1.09. The largest absolute Gasteiger partial charge is 0.332 e. The number of anilines is 1. The molecule has 0 spiro atoms. The van der Waals surface area contributed by atoms with E-state index in [0.29, 0.717) is 0 Å². The zero-order valence-electron chi connectivity index (χ0n) is 7.29. The van der Waals surface area contributed by atoms with Crippen molar-refractivity contribution in [3.05, 3.63) is 23.8 Å². The predicted molar refractivity (Wildman–Crippen MR) is 54.8 cm³/mol. The maximum Gasteiger partial charge on any atom is 0.332 e. The molecule has 1 aromatic heterocycles. The Balaban J connectivity index is 2.51. The number of para-hydroxylation sites is 1. The molecule has 0 aliphatic carbocycles. The van der Waals surface area contributed by atoms with Gasteiger partial charge in [-0.2, -0.15) is 0 Å². The normalized spacial score (nSPS) is 15.1. The van der Waals surface area contributed by atoms with Crippen LogP contribution < -0.4 is 10.3 Å². The molecule has 1 aliphatic rings. The van der Waals surface area contributed by atoms with Crippen molar-refractivity contribution in [3.8, 4) is 0 Å². The first kappa shape index (κ1) is 7.33. The molecule has 0 radical (unpaired) electrons. The van der Waals surface area contributed by atoms with Gasteiger partial charge in [-0.1, -0.05) is 12.1 Å². The van der Waals surface area contributed by atoms with Gasteiger partial charge in [-0.05, 0) is 30.2 Å². The van der Waals surface area contributed by atoms with Gasteiger partial charge in [0.15, 0.2) is 0 Å². The molecule has 0 atom stereocenters. The van der Waals surface area contributed by atoms with Gasteiger partial charge in [-0.3, -0.25) is 5.73 Å². The number of aryl methyl sites for hydroxylation is 2. The minimum absolute atomic E-state index is 0.946. The molecule has 3 rings (SSSR count). The van der Waals surface area contributed by atoms with Crippen LogP contribution in [0.1, 0.15) is 12.0 Å². The summed E-state index contributed by atoms with van der Waals surface area (Å²) in [5.74, 6) is 0. The number of hydrogen-bond donors (Lipinski definition) is 1. The van der Waals surface area contributed by atoms with Crippen molar-refractivity contribution in [2.24, 2.45) is 0 Å². The molecule has 1 aliphatic heterocycles. The van der Waals surface area contributed by atoms with Crippen molar-refractivity contribution in [2.45, 2.75) is 19.4 Å². The van der Waals surface area contributed by atoms with Gasteiger partial charge in [0.25, 0.3) is 0 Å². The highest BCUT2D eigenvalue weighted by atomic mass is 32.1. The predicted octanol–water partition coefficient (Wildman–Crippen LogP) is 1.72. The third kappa shape index (κ3) is 0.907. The average Bonchev–Trinajstić information content (AvgIpc) is 2.47. The summed E-state index contributed by atoms with van der Waals surface area (Å²) in [7, 11) is 0. The first-order chi connectivity index (χ1) is 6.36. The van der Waals surface area contributed by atoms with Crippen molar-refractivity contribution in [2.75, 3.05) is 5.73 Å². The van der Waals surface area contributed by atoms with E-state index in [1.54, 1.807) is 11.3 Å². The second-order valence-corrected chi connectivity index (χ2v) is 4.52. The molecule has 2 nitrogen and oxygen atoms in total. The van der Waals surface area contributed by atoms with Crippen LogP contribution in [0.3, 0.4) is 0 Å². The van der Waals surface area contributed by atoms with Crippen molar-refractivity contribution in [3.63, 3.8) is 0 Å². The zero-order valence-corrected chi connectivity index (χ0v) is 8.10. The molecule has 0 amide bonds. The van der Waals surface area contributed by atoms with Crippen LogP contribution in [-0.2, 0) is 13.0 Å². The standard InChI is InChI=1S/C10H10N2S/c11-10-12-6-2-4-7-3-1-5-8(13-10)9(7)12/h1,3,5,11H,2,4,6H2/p+1. The van der Waals surface area contributed by atoms with Crippen molar-refractivity contribution in [1.82, 2.24) is 0 Å². The third-order valence-corrected chi connectivity index (χ3v) is 3.64. The van der Waals surface area contributed by atoms with E-state index >= 15 is 0 Å². The molecule has 0 unspecified atom stereocenters. The van der Waals surface area contributed by atoms with Gasteiger partial charge in [0.1, 0.15) is 5.52 Å². The van der Waals surface area contributed by atoms with E-state index in [1.165, 1.54) is 28.6 Å². The van der Waals surface area contributed by atoms with Crippen molar-refractivity contribution in [1.29, 1.82) is 0 Å². The third-order valence-electron chi connectivity index (χ3n) is 2.66. The Morgan fingerprint density at radius 2 is 2.31 bits per heavy atom. The van der Waals surface area contributed by atoms with Gasteiger partial charge < -0.3 is 0 Å². The number of nitrogens with zero attached hydrogens (tertiary/aromatic N) is 1. The minimum atomic E-state index is 0.946. The molecule has 1 aromatic carbocycles. The fraction of sp³-hybridized carbons (Fsp3) is 0.300. The van der Waals surface area contributed by atoms with Gasteiger partial charge >= 0.3 is 5.13 Å². The van der Waals surface area contributed by atoms with E-state index in [0.717, 1.165) is 11.7 Å². The highest BCUT2D eigenvalue weighted by Gasteiger charge is 2.21. The lowest BCUT2D eigenvalue weighted by Gasteiger charge is -2.09. The van der Waals surface area contributed by atoms with E-state index < -0.39 is 0 Å². The fourth-order valence-corrected chi connectivity index (χ4v) is 3.09. The lowest BCUT2D eigenvalue weighted by atomic mass is 10.1. The lowest BCUT2D eigenvalue weighted by molar-refractivity contribution is -0.656. The first-order valence-electron chi connectivity index (χ1n) is 4.56. The second kappa shape index (κ2) is 2.45. The van der Waals surface area contributed by atoms with E-state index in [-0.39, 0.29) is 0 Å². The molecule has 3 heteroatoms. The summed E-state index contributed by atoms with van der Waals surface area (Å²) < 4.78 is 3.58. The topological polar surface area (TPSA) is 29.9 Å². The van der Waals surface area contributed by atoms with Gasteiger partial charge in [-0.15, -0.1) is 0 Å². The Kier molecular flexibility index (Phi) is 1.38. The molecule has 0 bridgehead atoms. The van der Waals surface area contributed by atoms with Crippen molar-refractivity contribution >= 4 is 26.7 Å². The SMILES string of the molecule is Nc1sc2cccc3c2[n+]1CCC3. The molecular formula is C10H11N2S+. The number of nitrogens with two attached hydrogens (primary N) is 1. The first-order valence-corrected chi connectivity index (χ1v) is 5.37. The summed E-state index contributed by atoms with van der Waals surface area (Å²) in [5, 5.41) is 0.946. The number of nitrogen functional groups attached to an aromatic ring is 1. The zero-order chi connectivity index (χ0) is 8.84. The Bertz CT molecular complexity index is 473. The summed E-state index contributed by atoms with van der Waals surface area (Å²) in [6, 6.07) is 6.50. The maximum absolute atomic E-state index is 5.95. The highest BCUT2D eigenvalue weighted by molar-refractivity contribution is 7.21. The Morgan fingerprint density at radius 3 is 3.23 bits per heavy atom. The molecule has 0 saturated heterocycles. The number of benzene rings is 1. The summed E-state index contributed by atoms with van der Waals surface area (Å²) in [4.78, 5) is 0. The molecule has 2 aromatic rings. The average molecular weight is 191 g/mol. The van der Waals surface area contributed by atoms with Crippen LogP contribution in [0, 0.1) is 0 Å². The highest BCUT2D eigenvalue weighted by Crippen LogP contribution is 2.27. The summed E-state index contributed by atoms with van der Waals surface area (Å²) in [5.41, 5.74) is 8.77. The molecular weight excluding hydrogens is 180 g/mol. The molecule has 0 fully saturated rings. The van der Waals surface area contributed by atoms with Gasteiger partial charge in [0.05, 0.1) is 11.2 Å². The molecule has 2 heterocycles. The number of rotatable bonds is 0. The van der Waals surface area contributed by atoms with E-state index in [1.807, 2.05) is 0 Å². The lowest BCUT2D eigenvalue weighted by Crippen LogP contribution is -2.38.